The Morgan fingerprint density at radius 1 is 1.07 bits per heavy atom. The third-order valence-electron chi connectivity index (χ3n) is 4.21. The third kappa shape index (κ3) is 4.79. The van der Waals surface area contributed by atoms with Gasteiger partial charge in [-0.25, -0.2) is 8.42 Å². The highest BCUT2D eigenvalue weighted by Crippen LogP contribution is 2.32. The molecule has 0 radical (unpaired) electrons. The quantitative estimate of drug-likeness (QED) is 0.828. The molecule has 0 unspecified atom stereocenters. The lowest BCUT2D eigenvalue weighted by atomic mass is 10.1. The van der Waals surface area contributed by atoms with Crippen LogP contribution in [0.5, 0.6) is 0 Å². The lowest BCUT2D eigenvalue weighted by Crippen LogP contribution is -2.35. The van der Waals surface area contributed by atoms with E-state index < -0.39 is 33.5 Å². The molecule has 1 aliphatic heterocycles. The normalized spacial score (nSPS) is 18.9. The number of anilines is 2. The number of halogens is 3. The topological polar surface area (TPSA) is 75.3 Å². The predicted octanol–water partition coefficient (Wildman–Crippen LogP) is 3.37. The van der Waals surface area contributed by atoms with Gasteiger partial charge in [-0.15, -0.1) is 0 Å². The van der Waals surface area contributed by atoms with Crippen molar-refractivity contribution in [3.8, 4) is 0 Å². The molecule has 2 N–H and O–H groups in total. The maximum absolute atomic E-state index is 12.9. The number of hydrogen-bond donors (Lipinski definition) is 2. The Hall–Kier alpha value is -2.55. The van der Waals surface area contributed by atoms with Crippen molar-refractivity contribution < 1.29 is 26.4 Å². The summed E-state index contributed by atoms with van der Waals surface area (Å²) < 4.78 is 61.6. The largest absolute Gasteiger partial charge is 0.416 e. The molecule has 3 rings (SSSR count). The number of nitrogens with one attached hydrogen (secondary N) is 2. The molecule has 1 aliphatic rings. The molecule has 27 heavy (non-hydrogen) atoms. The molecule has 1 fully saturated rings. The van der Waals surface area contributed by atoms with Crippen LogP contribution < -0.4 is 10.6 Å². The molecule has 1 amide bonds. The van der Waals surface area contributed by atoms with Gasteiger partial charge in [0, 0.05) is 11.7 Å². The molecule has 0 saturated carbocycles. The lowest BCUT2D eigenvalue weighted by molar-refractivity contribution is -0.137. The second kappa shape index (κ2) is 7.22. The van der Waals surface area contributed by atoms with Crippen molar-refractivity contribution in [2.45, 2.75) is 18.6 Å². The molecule has 2 aromatic rings. The van der Waals surface area contributed by atoms with Crippen molar-refractivity contribution in [1.82, 2.24) is 5.32 Å². The molecule has 1 atom stereocenters. The first-order valence-corrected chi connectivity index (χ1v) is 10.0. The minimum atomic E-state index is -4.47. The zero-order chi connectivity index (χ0) is 19.7. The maximum atomic E-state index is 12.9. The van der Waals surface area contributed by atoms with Crippen molar-refractivity contribution in [3.63, 3.8) is 0 Å². The highest BCUT2D eigenvalue weighted by atomic mass is 32.2. The van der Waals surface area contributed by atoms with Crippen molar-refractivity contribution in [2.24, 2.45) is 0 Å². The summed E-state index contributed by atoms with van der Waals surface area (Å²) >= 11 is 0. The molecule has 0 bridgehead atoms. The van der Waals surface area contributed by atoms with Gasteiger partial charge in [-0.3, -0.25) is 4.79 Å². The SMILES string of the molecule is O=C(N[C@H]1CCS(=O)(=O)C1)c1ccccc1Nc1cccc(C(F)(F)F)c1. The Kier molecular flexibility index (Phi) is 5.14. The van der Waals surface area contributed by atoms with Crippen LogP contribution in [0, 0.1) is 0 Å². The molecule has 1 saturated heterocycles. The van der Waals surface area contributed by atoms with Crippen molar-refractivity contribution in [2.75, 3.05) is 16.8 Å². The zero-order valence-electron chi connectivity index (χ0n) is 14.1. The summed E-state index contributed by atoms with van der Waals surface area (Å²) in [5, 5.41) is 5.50. The molecular weight excluding hydrogens is 381 g/mol. The predicted molar refractivity (Wildman–Crippen MR) is 95.7 cm³/mol. The van der Waals surface area contributed by atoms with Gasteiger partial charge in [-0.1, -0.05) is 18.2 Å². The van der Waals surface area contributed by atoms with Crippen molar-refractivity contribution in [3.05, 3.63) is 59.7 Å². The van der Waals surface area contributed by atoms with Gasteiger partial charge in [-0.2, -0.15) is 13.2 Å². The monoisotopic (exact) mass is 398 g/mol. The molecule has 0 aromatic heterocycles. The van der Waals surface area contributed by atoms with Crippen LogP contribution in [-0.2, 0) is 16.0 Å². The Morgan fingerprint density at radius 2 is 1.81 bits per heavy atom. The maximum Gasteiger partial charge on any atom is 0.416 e. The number of amides is 1. The van der Waals surface area contributed by atoms with Crippen LogP contribution in [0.1, 0.15) is 22.3 Å². The summed E-state index contributed by atoms with van der Waals surface area (Å²) in [5.74, 6) is -0.559. The minimum Gasteiger partial charge on any atom is -0.355 e. The molecule has 144 valence electrons. The van der Waals surface area contributed by atoms with Gasteiger partial charge in [-0.05, 0) is 36.8 Å². The average Bonchev–Trinajstić information content (AvgIpc) is 2.93. The van der Waals surface area contributed by atoms with E-state index in [0.717, 1.165) is 12.1 Å². The molecule has 1 heterocycles. The molecule has 5 nitrogen and oxygen atoms in total. The van der Waals surface area contributed by atoms with Crippen LogP contribution in [0.25, 0.3) is 0 Å². The van der Waals surface area contributed by atoms with Gasteiger partial charge in [0.05, 0.1) is 28.3 Å². The van der Waals surface area contributed by atoms with Crippen LogP contribution >= 0.6 is 0 Å². The van der Waals surface area contributed by atoms with Crippen LogP contribution in [0.15, 0.2) is 48.5 Å². The number of sulfone groups is 1. The van der Waals surface area contributed by atoms with E-state index in [4.69, 9.17) is 0 Å². The molecule has 0 aliphatic carbocycles. The Labute approximate surface area is 154 Å². The van der Waals surface area contributed by atoms with Gasteiger partial charge in [0.15, 0.2) is 9.84 Å². The van der Waals surface area contributed by atoms with Crippen LogP contribution in [0.2, 0.25) is 0 Å². The van der Waals surface area contributed by atoms with E-state index >= 15 is 0 Å². The number of alkyl halides is 3. The summed E-state index contributed by atoms with van der Waals surface area (Å²) in [6.45, 7) is 0. The van der Waals surface area contributed by atoms with Gasteiger partial charge in [0.25, 0.3) is 5.91 Å². The van der Waals surface area contributed by atoms with Gasteiger partial charge in [0.2, 0.25) is 0 Å². The Morgan fingerprint density at radius 3 is 2.48 bits per heavy atom. The summed E-state index contributed by atoms with van der Waals surface area (Å²) in [7, 11) is -3.14. The molecule has 0 spiro atoms. The number of carbonyl (C=O) groups excluding carboxylic acids is 1. The van der Waals surface area contributed by atoms with E-state index in [9.17, 15) is 26.4 Å². The minimum absolute atomic E-state index is 0.0298. The van der Waals surface area contributed by atoms with E-state index in [-0.39, 0.29) is 22.8 Å². The lowest BCUT2D eigenvalue weighted by Gasteiger charge is -2.15. The molecule has 2 aromatic carbocycles. The summed E-state index contributed by atoms with van der Waals surface area (Å²) in [5.41, 5.74) is -0.0616. The first-order chi connectivity index (χ1) is 12.6. The number of carbonyl (C=O) groups is 1. The third-order valence-corrected chi connectivity index (χ3v) is 5.98. The van der Waals surface area contributed by atoms with Crippen LogP contribution in [0.4, 0.5) is 24.5 Å². The summed E-state index contributed by atoms with van der Waals surface area (Å²) in [6.07, 6.45) is -4.13. The second-order valence-corrected chi connectivity index (χ2v) is 8.55. The number of hydrogen-bond acceptors (Lipinski definition) is 4. The fraction of sp³-hybridized carbons (Fsp3) is 0.278. The Bertz CT molecular complexity index is 958. The van der Waals surface area contributed by atoms with E-state index in [2.05, 4.69) is 10.6 Å². The van der Waals surface area contributed by atoms with Crippen LogP contribution in [0.3, 0.4) is 0 Å². The second-order valence-electron chi connectivity index (χ2n) is 6.32. The van der Waals surface area contributed by atoms with E-state index in [1.807, 2.05) is 0 Å². The molecular formula is C18H17F3N2O3S. The van der Waals surface area contributed by atoms with Gasteiger partial charge in [0.1, 0.15) is 0 Å². The van der Waals surface area contributed by atoms with E-state index in [0.29, 0.717) is 12.1 Å². The van der Waals surface area contributed by atoms with Crippen molar-refractivity contribution >= 4 is 27.1 Å². The Balaban J connectivity index is 1.79. The van der Waals surface area contributed by atoms with Gasteiger partial charge >= 0.3 is 6.18 Å². The zero-order valence-corrected chi connectivity index (χ0v) is 14.9. The number of rotatable bonds is 4. The first kappa shape index (κ1) is 19.2. The standard InChI is InChI=1S/C18H17F3N2O3S/c19-18(20,21)12-4-3-5-13(10-12)22-16-7-2-1-6-15(16)17(24)23-14-8-9-27(25,26)11-14/h1-7,10,14,22H,8-9,11H2,(H,23,24)/t14-/m0/s1. The molecule has 9 heteroatoms. The summed E-state index contributed by atoms with van der Waals surface area (Å²) in [6, 6.07) is 10.6. The smallest absolute Gasteiger partial charge is 0.355 e. The fourth-order valence-corrected chi connectivity index (χ4v) is 4.56. The van der Waals surface area contributed by atoms with E-state index in [1.54, 1.807) is 18.2 Å². The fourth-order valence-electron chi connectivity index (χ4n) is 2.89. The average molecular weight is 398 g/mol. The van der Waals surface area contributed by atoms with Gasteiger partial charge < -0.3 is 10.6 Å². The first-order valence-electron chi connectivity index (χ1n) is 8.19. The highest BCUT2D eigenvalue weighted by molar-refractivity contribution is 7.91. The number of benzene rings is 2. The van der Waals surface area contributed by atoms with Crippen LogP contribution in [-0.4, -0.2) is 31.9 Å². The summed E-state index contributed by atoms with van der Waals surface area (Å²) in [4.78, 5) is 12.5. The van der Waals surface area contributed by atoms with E-state index in [1.165, 1.54) is 18.2 Å². The number of para-hydroxylation sites is 1. The van der Waals surface area contributed by atoms with Crippen molar-refractivity contribution in [1.29, 1.82) is 0 Å². The highest BCUT2D eigenvalue weighted by Gasteiger charge is 2.31.